The Morgan fingerprint density at radius 2 is 1.67 bits per heavy atom. The summed E-state index contributed by atoms with van der Waals surface area (Å²) in [7, 11) is 0. The van der Waals surface area contributed by atoms with E-state index in [4.69, 9.17) is 17.3 Å². The minimum atomic E-state index is -0.381. The predicted octanol–water partition coefficient (Wildman–Crippen LogP) is 4.68. The summed E-state index contributed by atoms with van der Waals surface area (Å²) in [5.74, 6) is -0.641. The van der Waals surface area contributed by atoms with Crippen molar-refractivity contribution in [2.24, 2.45) is 5.73 Å². The van der Waals surface area contributed by atoms with Crippen molar-refractivity contribution >= 4 is 41.6 Å². The van der Waals surface area contributed by atoms with Crippen LogP contribution in [0.1, 0.15) is 10.4 Å². The second-order valence-electron chi connectivity index (χ2n) is 3.97. The molecule has 0 bridgehead atoms. The molecule has 2 aromatic rings. The summed E-state index contributed by atoms with van der Waals surface area (Å²) in [5.41, 5.74) is 6.20. The molecule has 2 aromatic carbocycles. The van der Waals surface area contributed by atoms with E-state index in [0.29, 0.717) is 15.6 Å². The highest BCUT2D eigenvalue weighted by Crippen LogP contribution is 2.24. The van der Waals surface area contributed by atoms with Crippen LogP contribution in [-0.4, -0.2) is 5.78 Å². The van der Waals surface area contributed by atoms with Gasteiger partial charge in [-0.25, -0.2) is 4.39 Å². The molecule has 0 aliphatic rings. The van der Waals surface area contributed by atoms with E-state index in [1.165, 1.54) is 42.1 Å². The molecule has 0 atom stereocenters. The van der Waals surface area contributed by atoms with Crippen LogP contribution < -0.4 is 5.73 Å². The van der Waals surface area contributed by atoms with Gasteiger partial charge in [-0.1, -0.05) is 23.4 Å². The molecule has 0 radical (unpaired) electrons. The molecule has 0 fully saturated rings. The maximum absolute atomic E-state index is 12.8. The summed E-state index contributed by atoms with van der Waals surface area (Å²) in [4.78, 5) is 12.8. The number of hydrogen-bond donors (Lipinski definition) is 1. The van der Waals surface area contributed by atoms with Crippen LogP contribution in [0.5, 0.6) is 0 Å². The van der Waals surface area contributed by atoms with Crippen LogP contribution >= 0.6 is 35.8 Å². The molecule has 2 N–H and O–H groups in total. The van der Waals surface area contributed by atoms with Crippen LogP contribution in [0.25, 0.3) is 0 Å². The quantitative estimate of drug-likeness (QED) is 0.498. The van der Waals surface area contributed by atoms with Gasteiger partial charge >= 0.3 is 0 Å². The molecular formula is C15H12Cl2FNOS. The Morgan fingerprint density at radius 1 is 1.10 bits per heavy atom. The summed E-state index contributed by atoms with van der Waals surface area (Å²) in [6.45, 7) is 0. The number of halogens is 3. The Kier molecular flexibility index (Phi) is 6.75. The third-order valence-electron chi connectivity index (χ3n) is 2.45. The van der Waals surface area contributed by atoms with Gasteiger partial charge in [0.15, 0.2) is 5.78 Å². The summed E-state index contributed by atoms with van der Waals surface area (Å²) in [6.07, 6.45) is 1.33. The first kappa shape index (κ1) is 17.6. The topological polar surface area (TPSA) is 43.1 Å². The van der Waals surface area contributed by atoms with Gasteiger partial charge in [0.25, 0.3) is 0 Å². The fourth-order valence-electron chi connectivity index (χ4n) is 1.49. The third kappa shape index (κ3) is 5.42. The van der Waals surface area contributed by atoms with Crippen LogP contribution in [0.4, 0.5) is 4.39 Å². The highest BCUT2D eigenvalue weighted by Gasteiger charge is 2.05. The predicted molar refractivity (Wildman–Crippen MR) is 87.6 cm³/mol. The number of ketones is 1. The van der Waals surface area contributed by atoms with Gasteiger partial charge in [-0.15, -0.1) is 12.4 Å². The highest BCUT2D eigenvalue weighted by atomic mass is 35.5. The van der Waals surface area contributed by atoms with Gasteiger partial charge in [-0.05, 0) is 48.5 Å². The largest absolute Gasteiger partial charge is 0.393 e. The lowest BCUT2D eigenvalue weighted by Crippen LogP contribution is -2.00. The zero-order valence-corrected chi connectivity index (χ0v) is 13.1. The van der Waals surface area contributed by atoms with Gasteiger partial charge in [0.1, 0.15) is 5.82 Å². The van der Waals surface area contributed by atoms with Crippen molar-refractivity contribution in [2.45, 2.75) is 4.90 Å². The maximum Gasteiger partial charge on any atom is 0.188 e. The fourth-order valence-corrected chi connectivity index (χ4v) is 2.33. The fraction of sp³-hybridized carbons (Fsp3) is 0. The van der Waals surface area contributed by atoms with Crippen molar-refractivity contribution in [3.05, 3.63) is 76.0 Å². The zero-order valence-electron chi connectivity index (χ0n) is 10.8. The molecule has 110 valence electrons. The van der Waals surface area contributed by atoms with Gasteiger partial charge in [-0.3, -0.25) is 4.79 Å². The number of thioether (sulfide) groups is 1. The average Bonchev–Trinajstić information content (AvgIpc) is 2.42. The highest BCUT2D eigenvalue weighted by molar-refractivity contribution is 8.03. The molecule has 0 heterocycles. The zero-order chi connectivity index (χ0) is 14.5. The van der Waals surface area contributed by atoms with Crippen molar-refractivity contribution < 1.29 is 9.18 Å². The van der Waals surface area contributed by atoms with E-state index in [9.17, 15) is 9.18 Å². The average molecular weight is 344 g/mol. The molecule has 0 saturated heterocycles. The number of carbonyl (C=O) groups excluding carboxylic acids is 1. The number of nitrogens with two attached hydrogens (primary N) is 1. The van der Waals surface area contributed by atoms with Gasteiger partial charge < -0.3 is 5.73 Å². The van der Waals surface area contributed by atoms with Crippen LogP contribution in [-0.2, 0) is 0 Å². The van der Waals surface area contributed by atoms with Gasteiger partial charge in [0.05, 0.1) is 5.03 Å². The van der Waals surface area contributed by atoms with Crippen molar-refractivity contribution in [1.82, 2.24) is 0 Å². The Balaban J connectivity index is 0.00000220. The lowest BCUT2D eigenvalue weighted by molar-refractivity contribution is 0.104. The van der Waals surface area contributed by atoms with Crippen LogP contribution in [0.3, 0.4) is 0 Å². The van der Waals surface area contributed by atoms with Crippen molar-refractivity contribution in [2.75, 3.05) is 0 Å². The normalized spacial score (nSPS) is 10.9. The van der Waals surface area contributed by atoms with E-state index >= 15 is 0 Å². The monoisotopic (exact) mass is 343 g/mol. The minimum Gasteiger partial charge on any atom is -0.393 e. The number of benzene rings is 2. The van der Waals surface area contributed by atoms with E-state index in [1.807, 2.05) is 12.1 Å². The lowest BCUT2D eigenvalue weighted by atomic mass is 10.1. The SMILES string of the molecule is Cl.NC(=CC(=O)c1ccc(F)cc1)Sc1ccc(Cl)cc1. The summed E-state index contributed by atoms with van der Waals surface area (Å²) >= 11 is 7.05. The molecule has 0 aliphatic heterocycles. The molecule has 0 unspecified atom stereocenters. The van der Waals surface area contributed by atoms with Gasteiger partial charge in [-0.2, -0.15) is 0 Å². The van der Waals surface area contributed by atoms with Crippen molar-refractivity contribution in [3.8, 4) is 0 Å². The Bertz CT molecular complexity index is 642. The number of carbonyl (C=O) groups is 1. The molecule has 0 amide bonds. The van der Waals surface area contributed by atoms with E-state index < -0.39 is 0 Å². The number of allylic oxidation sites excluding steroid dienone is 1. The lowest BCUT2D eigenvalue weighted by Gasteiger charge is -2.02. The molecule has 21 heavy (non-hydrogen) atoms. The molecular weight excluding hydrogens is 332 g/mol. The maximum atomic E-state index is 12.8. The molecule has 0 aliphatic carbocycles. The first-order valence-corrected chi connectivity index (χ1v) is 6.94. The van der Waals surface area contributed by atoms with Gasteiger partial charge in [0.2, 0.25) is 0 Å². The smallest absolute Gasteiger partial charge is 0.188 e. The summed E-state index contributed by atoms with van der Waals surface area (Å²) in [6, 6.07) is 12.5. The van der Waals surface area contributed by atoms with E-state index in [-0.39, 0.29) is 24.0 Å². The second kappa shape index (κ2) is 8.08. The van der Waals surface area contributed by atoms with Crippen molar-refractivity contribution in [1.29, 1.82) is 0 Å². The Hall–Kier alpha value is -1.49. The number of hydrogen-bond acceptors (Lipinski definition) is 3. The van der Waals surface area contributed by atoms with E-state index in [2.05, 4.69) is 0 Å². The summed E-state index contributed by atoms with van der Waals surface area (Å²) in [5, 5.41) is 1.00. The Labute approximate surface area is 137 Å². The first-order valence-electron chi connectivity index (χ1n) is 5.75. The molecule has 0 saturated carbocycles. The number of rotatable bonds is 4. The third-order valence-corrected chi connectivity index (χ3v) is 3.56. The van der Waals surface area contributed by atoms with Crippen LogP contribution in [0.2, 0.25) is 5.02 Å². The molecule has 2 nitrogen and oxygen atoms in total. The van der Waals surface area contributed by atoms with E-state index in [1.54, 1.807) is 12.1 Å². The van der Waals surface area contributed by atoms with Crippen LogP contribution in [0.15, 0.2) is 64.5 Å². The summed E-state index contributed by atoms with van der Waals surface area (Å²) < 4.78 is 12.8. The Morgan fingerprint density at radius 3 is 2.24 bits per heavy atom. The van der Waals surface area contributed by atoms with Gasteiger partial charge in [0, 0.05) is 21.6 Å². The van der Waals surface area contributed by atoms with Crippen molar-refractivity contribution in [3.63, 3.8) is 0 Å². The second-order valence-corrected chi connectivity index (χ2v) is 5.56. The molecule has 2 rings (SSSR count). The minimum absolute atomic E-state index is 0. The molecule has 6 heteroatoms. The standard InChI is InChI=1S/C15H11ClFNOS.ClH/c16-11-3-7-13(8-4-11)20-15(18)9-14(19)10-1-5-12(17)6-2-10;/h1-9H,18H2;1H. The van der Waals surface area contributed by atoms with E-state index in [0.717, 1.165) is 4.90 Å². The first-order chi connectivity index (χ1) is 9.54. The molecule has 0 aromatic heterocycles. The molecule has 0 spiro atoms. The van der Waals surface area contributed by atoms with Crippen LogP contribution in [0, 0.1) is 5.82 Å².